The third-order valence-corrected chi connectivity index (χ3v) is 2.04. The van der Waals surface area contributed by atoms with E-state index in [-0.39, 0.29) is 5.91 Å². The molecule has 0 aliphatic rings. The summed E-state index contributed by atoms with van der Waals surface area (Å²) in [4.78, 5) is 11.2. The zero-order chi connectivity index (χ0) is 10.1. The summed E-state index contributed by atoms with van der Waals surface area (Å²) in [5, 5.41) is 2.92. The van der Waals surface area contributed by atoms with Gasteiger partial charge in [-0.25, -0.2) is 0 Å². The van der Waals surface area contributed by atoms with E-state index in [1.165, 1.54) is 0 Å². The molecule has 1 amide bonds. The Bertz CT molecular complexity index is 132. The molecule has 0 spiro atoms. The van der Waals surface area contributed by atoms with Crippen LogP contribution in [0.3, 0.4) is 0 Å². The van der Waals surface area contributed by atoms with E-state index in [0.717, 1.165) is 32.2 Å². The number of carbonyl (C=O) groups is 1. The summed E-state index contributed by atoms with van der Waals surface area (Å²) in [5.41, 5.74) is 0. The van der Waals surface area contributed by atoms with Gasteiger partial charge < -0.3 is 5.32 Å². The van der Waals surface area contributed by atoms with Crippen molar-refractivity contribution < 1.29 is 4.79 Å². The van der Waals surface area contributed by atoms with Gasteiger partial charge in [-0.05, 0) is 18.8 Å². The fourth-order valence-electron chi connectivity index (χ4n) is 1.16. The lowest BCUT2D eigenvalue weighted by Crippen LogP contribution is -2.23. The molecule has 0 aliphatic heterocycles. The summed E-state index contributed by atoms with van der Waals surface area (Å²) < 4.78 is 0. The van der Waals surface area contributed by atoms with Crippen molar-refractivity contribution in [3.63, 3.8) is 0 Å². The van der Waals surface area contributed by atoms with Gasteiger partial charge in [0.1, 0.15) is 0 Å². The molecule has 0 heterocycles. The van der Waals surface area contributed by atoms with Gasteiger partial charge in [-0.2, -0.15) is 0 Å². The highest BCUT2D eigenvalue weighted by molar-refractivity contribution is 5.75. The van der Waals surface area contributed by atoms with Crippen LogP contribution in [0.4, 0.5) is 0 Å². The fraction of sp³-hybridized carbons (Fsp3) is 0.909. The molecule has 1 N–H and O–H groups in total. The average Bonchev–Trinajstić information content (AvgIpc) is 2.04. The van der Waals surface area contributed by atoms with Crippen molar-refractivity contribution in [2.24, 2.45) is 5.92 Å². The highest BCUT2D eigenvalue weighted by Gasteiger charge is 2.00. The standard InChI is InChI=1S/C11H23NO/c1-4-5-9-12-11(13)8-6-7-10(2)3/h10H,4-9H2,1-3H3,(H,12,13). The Labute approximate surface area is 82.1 Å². The van der Waals surface area contributed by atoms with Crippen LogP contribution in [0.15, 0.2) is 0 Å². The molecule has 78 valence electrons. The first-order chi connectivity index (χ1) is 6.16. The van der Waals surface area contributed by atoms with Gasteiger partial charge in [0, 0.05) is 13.0 Å². The predicted octanol–water partition coefficient (Wildman–Crippen LogP) is 2.73. The molecule has 0 radical (unpaired) electrons. The number of unbranched alkanes of at least 4 members (excludes halogenated alkanes) is 1. The Morgan fingerprint density at radius 1 is 1.31 bits per heavy atom. The van der Waals surface area contributed by atoms with Crippen molar-refractivity contribution in [2.45, 2.75) is 52.9 Å². The van der Waals surface area contributed by atoms with Crippen molar-refractivity contribution in [2.75, 3.05) is 6.54 Å². The number of hydrogen-bond acceptors (Lipinski definition) is 1. The largest absolute Gasteiger partial charge is 0.356 e. The Balaban J connectivity index is 3.20. The lowest BCUT2D eigenvalue weighted by Gasteiger charge is -2.05. The normalized spacial score (nSPS) is 10.5. The molecule has 0 saturated carbocycles. The second-order valence-electron chi connectivity index (χ2n) is 3.99. The van der Waals surface area contributed by atoms with Crippen molar-refractivity contribution in [1.82, 2.24) is 5.32 Å². The SMILES string of the molecule is CCCCNC(=O)CCCC(C)C. The third-order valence-electron chi connectivity index (χ3n) is 2.04. The van der Waals surface area contributed by atoms with Crippen LogP contribution in [0, 0.1) is 5.92 Å². The van der Waals surface area contributed by atoms with Gasteiger partial charge in [-0.15, -0.1) is 0 Å². The minimum atomic E-state index is 0.217. The molecule has 0 aromatic rings. The van der Waals surface area contributed by atoms with Crippen LogP contribution in [-0.4, -0.2) is 12.5 Å². The summed E-state index contributed by atoms with van der Waals surface area (Å²) in [7, 11) is 0. The maximum Gasteiger partial charge on any atom is 0.219 e. The van der Waals surface area contributed by atoms with Crippen LogP contribution in [-0.2, 0) is 4.79 Å². The van der Waals surface area contributed by atoms with Gasteiger partial charge >= 0.3 is 0 Å². The lowest BCUT2D eigenvalue weighted by atomic mass is 10.1. The molecule has 0 fully saturated rings. The smallest absolute Gasteiger partial charge is 0.219 e. The van der Waals surface area contributed by atoms with Crippen LogP contribution >= 0.6 is 0 Å². The maximum atomic E-state index is 11.2. The zero-order valence-corrected chi connectivity index (χ0v) is 9.23. The first kappa shape index (κ1) is 12.5. The van der Waals surface area contributed by atoms with Gasteiger partial charge in [0.2, 0.25) is 5.91 Å². The Kier molecular flexibility index (Phi) is 7.76. The summed E-state index contributed by atoms with van der Waals surface area (Å²) in [6.07, 6.45) is 5.11. The van der Waals surface area contributed by atoms with E-state index in [1.54, 1.807) is 0 Å². The van der Waals surface area contributed by atoms with E-state index in [0.29, 0.717) is 12.3 Å². The number of hydrogen-bond donors (Lipinski definition) is 1. The summed E-state index contributed by atoms with van der Waals surface area (Å²) in [5.74, 6) is 0.928. The van der Waals surface area contributed by atoms with Crippen molar-refractivity contribution in [3.8, 4) is 0 Å². The molecule has 0 aliphatic carbocycles. The quantitative estimate of drug-likeness (QED) is 0.607. The molecule has 0 unspecified atom stereocenters. The first-order valence-electron chi connectivity index (χ1n) is 5.43. The highest BCUT2D eigenvalue weighted by atomic mass is 16.1. The zero-order valence-electron chi connectivity index (χ0n) is 9.23. The van der Waals surface area contributed by atoms with Crippen LogP contribution in [0.5, 0.6) is 0 Å². The lowest BCUT2D eigenvalue weighted by molar-refractivity contribution is -0.121. The summed E-state index contributed by atoms with van der Waals surface area (Å²) >= 11 is 0. The molecule has 2 nitrogen and oxygen atoms in total. The number of carbonyl (C=O) groups excluding carboxylic acids is 1. The van der Waals surface area contributed by atoms with Crippen molar-refractivity contribution >= 4 is 5.91 Å². The Morgan fingerprint density at radius 3 is 2.54 bits per heavy atom. The second-order valence-corrected chi connectivity index (χ2v) is 3.99. The predicted molar refractivity (Wildman–Crippen MR) is 56.6 cm³/mol. The summed E-state index contributed by atoms with van der Waals surface area (Å²) in [6, 6.07) is 0. The fourth-order valence-corrected chi connectivity index (χ4v) is 1.16. The molecule has 0 aromatic heterocycles. The molecule has 0 atom stereocenters. The first-order valence-corrected chi connectivity index (χ1v) is 5.43. The maximum absolute atomic E-state index is 11.2. The number of nitrogens with one attached hydrogen (secondary N) is 1. The minimum absolute atomic E-state index is 0.217. The van der Waals surface area contributed by atoms with E-state index in [2.05, 4.69) is 26.1 Å². The van der Waals surface area contributed by atoms with E-state index >= 15 is 0 Å². The van der Waals surface area contributed by atoms with Crippen molar-refractivity contribution in [3.05, 3.63) is 0 Å². The molecule has 0 saturated heterocycles. The molecular weight excluding hydrogens is 162 g/mol. The van der Waals surface area contributed by atoms with Gasteiger partial charge in [0.15, 0.2) is 0 Å². The summed E-state index contributed by atoms with van der Waals surface area (Å²) in [6.45, 7) is 7.35. The minimum Gasteiger partial charge on any atom is -0.356 e. The molecule has 0 rings (SSSR count). The van der Waals surface area contributed by atoms with Gasteiger partial charge in [-0.1, -0.05) is 33.6 Å². The van der Waals surface area contributed by atoms with Crippen molar-refractivity contribution in [1.29, 1.82) is 0 Å². The molecule has 0 aromatic carbocycles. The van der Waals surface area contributed by atoms with Gasteiger partial charge in [0.05, 0.1) is 0 Å². The average molecular weight is 185 g/mol. The van der Waals surface area contributed by atoms with Crippen LogP contribution in [0.2, 0.25) is 0 Å². The molecule has 13 heavy (non-hydrogen) atoms. The molecule has 0 bridgehead atoms. The monoisotopic (exact) mass is 185 g/mol. The van der Waals surface area contributed by atoms with E-state index in [9.17, 15) is 4.79 Å². The Morgan fingerprint density at radius 2 is 2.00 bits per heavy atom. The van der Waals surface area contributed by atoms with Gasteiger partial charge in [0.25, 0.3) is 0 Å². The van der Waals surface area contributed by atoms with Crippen LogP contribution in [0.1, 0.15) is 52.9 Å². The van der Waals surface area contributed by atoms with E-state index in [4.69, 9.17) is 0 Å². The number of amides is 1. The van der Waals surface area contributed by atoms with Crippen LogP contribution in [0.25, 0.3) is 0 Å². The van der Waals surface area contributed by atoms with Crippen LogP contribution < -0.4 is 5.32 Å². The van der Waals surface area contributed by atoms with E-state index < -0.39 is 0 Å². The topological polar surface area (TPSA) is 29.1 Å². The Hall–Kier alpha value is -0.530. The van der Waals surface area contributed by atoms with Gasteiger partial charge in [-0.3, -0.25) is 4.79 Å². The molecule has 2 heteroatoms. The third kappa shape index (κ3) is 9.38. The molecular formula is C11H23NO. The number of rotatable bonds is 7. The van der Waals surface area contributed by atoms with E-state index in [1.807, 2.05) is 0 Å². The highest BCUT2D eigenvalue weighted by Crippen LogP contribution is 2.05. The second kappa shape index (κ2) is 8.09.